The Morgan fingerprint density at radius 2 is 1.87 bits per heavy atom. The van der Waals surface area contributed by atoms with Crippen molar-refractivity contribution < 1.29 is 23.5 Å². The number of benzene rings is 2. The Morgan fingerprint density at radius 3 is 2.55 bits per heavy atom. The fourth-order valence-corrected chi connectivity index (χ4v) is 3.29. The number of urea groups is 1. The Hall–Kier alpha value is -3.62. The molecular formula is C22H25FN4O4. The maximum atomic E-state index is 13.2. The van der Waals surface area contributed by atoms with Crippen LogP contribution in [0.3, 0.4) is 0 Å². The van der Waals surface area contributed by atoms with E-state index in [0.29, 0.717) is 30.1 Å². The molecule has 0 aromatic heterocycles. The highest BCUT2D eigenvalue weighted by Crippen LogP contribution is 2.24. The molecule has 31 heavy (non-hydrogen) atoms. The van der Waals surface area contributed by atoms with Crippen molar-refractivity contribution in [2.75, 3.05) is 43.6 Å². The number of hydrogen-bond donors (Lipinski definition) is 1. The van der Waals surface area contributed by atoms with Crippen molar-refractivity contribution in [1.82, 2.24) is 9.80 Å². The summed E-state index contributed by atoms with van der Waals surface area (Å²) in [6, 6.07) is 12.1. The third-order valence-corrected chi connectivity index (χ3v) is 4.89. The fourth-order valence-electron chi connectivity index (χ4n) is 3.29. The molecule has 0 aliphatic carbocycles. The Kier molecular flexibility index (Phi) is 7.07. The molecule has 9 heteroatoms. The van der Waals surface area contributed by atoms with E-state index in [0.717, 1.165) is 0 Å². The highest BCUT2D eigenvalue weighted by atomic mass is 19.1. The number of carbonyl (C=O) groups excluding carboxylic acids is 3. The van der Waals surface area contributed by atoms with Crippen LogP contribution in [0.15, 0.2) is 48.5 Å². The zero-order valence-corrected chi connectivity index (χ0v) is 17.5. The topological polar surface area (TPSA) is 82.2 Å². The highest BCUT2D eigenvalue weighted by molar-refractivity contribution is 6.01. The van der Waals surface area contributed by atoms with Crippen LogP contribution in [0.2, 0.25) is 0 Å². The van der Waals surface area contributed by atoms with Gasteiger partial charge in [-0.3, -0.25) is 14.5 Å². The van der Waals surface area contributed by atoms with Crippen LogP contribution in [0.25, 0.3) is 0 Å². The van der Waals surface area contributed by atoms with Gasteiger partial charge in [0.05, 0.1) is 12.8 Å². The predicted octanol–water partition coefficient (Wildman–Crippen LogP) is 2.91. The third-order valence-electron chi connectivity index (χ3n) is 4.89. The Morgan fingerprint density at radius 1 is 1.16 bits per heavy atom. The third kappa shape index (κ3) is 5.30. The molecule has 1 saturated heterocycles. The Balaban J connectivity index is 1.65. The number of halogens is 1. The van der Waals surface area contributed by atoms with Crippen LogP contribution in [-0.2, 0) is 9.59 Å². The molecule has 0 atom stereocenters. The Bertz CT molecular complexity index is 951. The van der Waals surface area contributed by atoms with E-state index in [4.69, 9.17) is 4.74 Å². The number of rotatable bonds is 7. The van der Waals surface area contributed by atoms with E-state index >= 15 is 0 Å². The number of carbonyl (C=O) groups is 3. The second kappa shape index (κ2) is 9.92. The molecule has 164 valence electrons. The minimum absolute atomic E-state index is 0.0530. The lowest BCUT2D eigenvalue weighted by Crippen LogP contribution is -2.44. The second-order valence-electron chi connectivity index (χ2n) is 7.08. The van der Waals surface area contributed by atoms with E-state index in [2.05, 4.69) is 5.32 Å². The molecule has 0 unspecified atom stereocenters. The molecule has 8 nitrogen and oxygen atoms in total. The molecule has 2 aromatic rings. The molecule has 2 aromatic carbocycles. The maximum absolute atomic E-state index is 13.2. The SMILES string of the molecule is CCCN(CC(=O)N1CC(=O)N(c2ccc(F)cc2)C1)C(=O)Nc1ccccc1OC. The number of amides is 4. The average molecular weight is 428 g/mol. The molecule has 0 radical (unpaired) electrons. The number of anilines is 2. The van der Waals surface area contributed by atoms with Crippen LogP contribution in [0.4, 0.5) is 20.6 Å². The van der Waals surface area contributed by atoms with Crippen molar-refractivity contribution in [3.05, 3.63) is 54.3 Å². The van der Waals surface area contributed by atoms with Gasteiger partial charge in [-0.15, -0.1) is 0 Å². The summed E-state index contributed by atoms with van der Waals surface area (Å²) >= 11 is 0. The number of ether oxygens (including phenoxy) is 1. The van der Waals surface area contributed by atoms with Crippen molar-refractivity contribution in [3.8, 4) is 5.75 Å². The van der Waals surface area contributed by atoms with Crippen LogP contribution >= 0.6 is 0 Å². The smallest absolute Gasteiger partial charge is 0.322 e. The standard InChI is InChI=1S/C22H25FN4O4/c1-3-12-25(22(30)24-18-6-4-5-7-19(18)31-2)13-20(28)26-14-21(29)27(15-26)17-10-8-16(23)9-11-17/h4-11H,3,12-15H2,1-2H3,(H,24,30). The van der Waals surface area contributed by atoms with E-state index in [1.165, 1.54) is 46.1 Å². The Labute approximate surface area is 180 Å². The van der Waals surface area contributed by atoms with Crippen LogP contribution in [0, 0.1) is 5.82 Å². The van der Waals surface area contributed by atoms with Gasteiger partial charge >= 0.3 is 6.03 Å². The first kappa shape index (κ1) is 22.1. The van der Waals surface area contributed by atoms with Gasteiger partial charge in [-0.2, -0.15) is 0 Å². The summed E-state index contributed by atoms with van der Waals surface area (Å²) < 4.78 is 18.4. The monoisotopic (exact) mass is 428 g/mol. The normalized spacial score (nSPS) is 13.3. The summed E-state index contributed by atoms with van der Waals surface area (Å²) in [5.41, 5.74) is 1.02. The molecule has 0 spiro atoms. The van der Waals surface area contributed by atoms with Crippen molar-refractivity contribution in [2.45, 2.75) is 13.3 Å². The lowest BCUT2D eigenvalue weighted by Gasteiger charge is -2.25. The van der Waals surface area contributed by atoms with Gasteiger partial charge in [0.1, 0.15) is 31.3 Å². The molecule has 1 aliphatic heterocycles. The van der Waals surface area contributed by atoms with Crippen molar-refractivity contribution in [2.24, 2.45) is 0 Å². The first-order valence-electron chi connectivity index (χ1n) is 9.95. The molecular weight excluding hydrogens is 403 g/mol. The van der Waals surface area contributed by atoms with E-state index < -0.39 is 11.8 Å². The maximum Gasteiger partial charge on any atom is 0.322 e. The van der Waals surface area contributed by atoms with Crippen molar-refractivity contribution in [3.63, 3.8) is 0 Å². The molecule has 1 heterocycles. The lowest BCUT2D eigenvalue weighted by molar-refractivity contribution is -0.132. The zero-order valence-electron chi connectivity index (χ0n) is 17.5. The second-order valence-corrected chi connectivity index (χ2v) is 7.08. The molecule has 1 N–H and O–H groups in total. The van der Waals surface area contributed by atoms with Gasteiger partial charge in [0, 0.05) is 12.2 Å². The summed E-state index contributed by atoms with van der Waals surface area (Å²) in [6.07, 6.45) is 0.660. The van der Waals surface area contributed by atoms with Crippen LogP contribution in [0.1, 0.15) is 13.3 Å². The average Bonchev–Trinajstić information content (AvgIpc) is 3.16. The minimum Gasteiger partial charge on any atom is -0.495 e. The van der Waals surface area contributed by atoms with E-state index in [1.54, 1.807) is 24.3 Å². The fraction of sp³-hybridized carbons (Fsp3) is 0.318. The number of para-hydroxylation sites is 2. The van der Waals surface area contributed by atoms with Gasteiger partial charge in [-0.05, 0) is 42.8 Å². The van der Waals surface area contributed by atoms with E-state index in [9.17, 15) is 18.8 Å². The summed E-state index contributed by atoms with van der Waals surface area (Å²) in [7, 11) is 1.51. The van der Waals surface area contributed by atoms with E-state index in [-0.39, 0.29) is 31.6 Å². The van der Waals surface area contributed by atoms with Crippen molar-refractivity contribution >= 4 is 29.2 Å². The van der Waals surface area contributed by atoms with Gasteiger partial charge in [0.25, 0.3) is 0 Å². The molecule has 1 aliphatic rings. The molecule has 0 bridgehead atoms. The molecule has 1 fully saturated rings. The van der Waals surface area contributed by atoms with Gasteiger partial charge in [0.2, 0.25) is 11.8 Å². The number of methoxy groups -OCH3 is 1. The highest BCUT2D eigenvalue weighted by Gasteiger charge is 2.33. The predicted molar refractivity (Wildman–Crippen MR) is 114 cm³/mol. The van der Waals surface area contributed by atoms with Gasteiger partial charge in [0.15, 0.2) is 0 Å². The largest absolute Gasteiger partial charge is 0.495 e. The number of nitrogens with zero attached hydrogens (tertiary/aromatic N) is 3. The van der Waals surface area contributed by atoms with Crippen molar-refractivity contribution in [1.29, 1.82) is 0 Å². The summed E-state index contributed by atoms with van der Waals surface area (Å²) in [6.45, 7) is 2.07. The minimum atomic E-state index is -0.430. The molecule has 0 saturated carbocycles. The summed E-state index contributed by atoms with van der Waals surface area (Å²) in [5.74, 6) is -0.500. The van der Waals surface area contributed by atoms with Crippen LogP contribution in [-0.4, -0.2) is 61.1 Å². The number of hydrogen-bond acceptors (Lipinski definition) is 4. The van der Waals surface area contributed by atoms with Gasteiger partial charge in [-0.25, -0.2) is 9.18 Å². The summed E-state index contributed by atoms with van der Waals surface area (Å²) in [5, 5.41) is 2.77. The van der Waals surface area contributed by atoms with Crippen LogP contribution in [0.5, 0.6) is 5.75 Å². The number of nitrogens with one attached hydrogen (secondary N) is 1. The van der Waals surface area contributed by atoms with Gasteiger partial charge < -0.3 is 19.9 Å². The van der Waals surface area contributed by atoms with Crippen LogP contribution < -0.4 is 15.0 Å². The van der Waals surface area contributed by atoms with Gasteiger partial charge in [-0.1, -0.05) is 19.1 Å². The van der Waals surface area contributed by atoms with E-state index in [1.807, 2.05) is 6.92 Å². The lowest BCUT2D eigenvalue weighted by atomic mass is 10.3. The zero-order chi connectivity index (χ0) is 22.4. The first-order valence-corrected chi connectivity index (χ1v) is 9.95. The quantitative estimate of drug-likeness (QED) is 0.735. The molecule has 4 amide bonds. The first-order chi connectivity index (χ1) is 14.9. The molecule has 3 rings (SSSR count). The summed E-state index contributed by atoms with van der Waals surface area (Å²) in [4.78, 5) is 42.2.